The third-order valence-electron chi connectivity index (χ3n) is 6.91. The van der Waals surface area contributed by atoms with E-state index in [1.165, 1.54) is 24.2 Å². The molecule has 0 aliphatic carbocycles. The lowest BCUT2D eigenvalue weighted by Crippen LogP contribution is -2.33. The molecule has 13 nitrogen and oxygen atoms in total. The van der Waals surface area contributed by atoms with Gasteiger partial charge in [-0.25, -0.2) is 9.78 Å². The second-order valence-electron chi connectivity index (χ2n) is 10.3. The van der Waals surface area contributed by atoms with Crippen LogP contribution >= 0.6 is 23.2 Å². The van der Waals surface area contributed by atoms with Gasteiger partial charge in [-0.15, -0.1) is 5.10 Å². The third-order valence-corrected chi connectivity index (χ3v) is 7.42. The number of benzene rings is 3. The number of nitrogens with one attached hydrogen (secondary N) is 4. The highest BCUT2D eigenvalue weighted by atomic mass is 35.5. The van der Waals surface area contributed by atoms with Gasteiger partial charge >= 0.3 is 6.09 Å². The minimum Gasteiger partial charge on any atom is -0.453 e. The molecule has 0 aliphatic rings. The lowest BCUT2D eigenvalue weighted by Gasteiger charge is -2.16. The zero-order valence-corrected chi connectivity index (χ0v) is 26.7. The summed E-state index contributed by atoms with van der Waals surface area (Å²) in [6.07, 6.45) is 3.57. The number of tetrazole rings is 1. The van der Waals surface area contributed by atoms with Crippen molar-refractivity contribution in [1.29, 1.82) is 0 Å². The van der Waals surface area contributed by atoms with Crippen LogP contribution in [0.4, 0.5) is 10.5 Å². The Hall–Kier alpha value is -5.53. The average molecular weight is 675 g/mol. The van der Waals surface area contributed by atoms with Crippen LogP contribution in [-0.4, -0.2) is 55.2 Å². The number of nitrogens with zero attached hydrogens (tertiary/aromatic N) is 5. The Balaban J connectivity index is 1.37. The number of H-pyrrole nitrogens is 1. The molecule has 0 spiro atoms. The van der Waals surface area contributed by atoms with E-state index in [2.05, 4.69) is 46.2 Å². The maximum absolute atomic E-state index is 13.3. The predicted molar refractivity (Wildman–Crippen MR) is 177 cm³/mol. The fraction of sp³-hybridized carbons (Fsp3) is 0.156. The van der Waals surface area contributed by atoms with Crippen LogP contribution in [0, 0.1) is 6.92 Å². The second kappa shape index (κ2) is 15.2. The maximum Gasteiger partial charge on any atom is 0.411 e. The van der Waals surface area contributed by atoms with E-state index >= 15 is 0 Å². The van der Waals surface area contributed by atoms with E-state index in [4.69, 9.17) is 23.2 Å². The van der Waals surface area contributed by atoms with E-state index < -0.39 is 18.0 Å². The number of carbonyl (C=O) groups is 3. The summed E-state index contributed by atoms with van der Waals surface area (Å²) in [5, 5.41) is 20.2. The van der Waals surface area contributed by atoms with Crippen LogP contribution in [0.3, 0.4) is 0 Å². The molecule has 240 valence electrons. The van der Waals surface area contributed by atoms with Gasteiger partial charge in [-0.3, -0.25) is 14.9 Å². The first-order chi connectivity index (χ1) is 22.7. The molecule has 3 amide bonds. The van der Waals surface area contributed by atoms with E-state index in [9.17, 15) is 14.4 Å². The number of rotatable bonds is 11. The minimum absolute atomic E-state index is 0.135. The summed E-state index contributed by atoms with van der Waals surface area (Å²) >= 11 is 12.8. The Bertz CT molecular complexity index is 1890. The normalized spacial score (nSPS) is 11.7. The Labute approximate surface area is 279 Å². The Morgan fingerprint density at radius 2 is 1.81 bits per heavy atom. The molecule has 2 heterocycles. The van der Waals surface area contributed by atoms with Gasteiger partial charge in [-0.2, -0.15) is 4.68 Å². The second-order valence-corrected chi connectivity index (χ2v) is 11.1. The van der Waals surface area contributed by atoms with Crippen LogP contribution in [0.2, 0.25) is 10.2 Å². The van der Waals surface area contributed by atoms with Crippen molar-refractivity contribution in [1.82, 2.24) is 40.8 Å². The molecule has 47 heavy (non-hydrogen) atoms. The topological polar surface area (TPSA) is 169 Å². The zero-order valence-electron chi connectivity index (χ0n) is 25.2. The highest BCUT2D eigenvalue weighted by molar-refractivity contribution is 6.32. The molecular weight excluding hydrogens is 645 g/mol. The molecule has 15 heteroatoms. The first-order valence-corrected chi connectivity index (χ1v) is 15.0. The van der Waals surface area contributed by atoms with Gasteiger partial charge in [-0.05, 0) is 59.3 Å². The molecule has 2 aromatic heterocycles. The lowest BCUT2D eigenvalue weighted by molar-refractivity contribution is -0.122. The summed E-state index contributed by atoms with van der Waals surface area (Å²) in [6.45, 7) is 2.30. The smallest absolute Gasteiger partial charge is 0.411 e. The van der Waals surface area contributed by atoms with E-state index in [0.29, 0.717) is 39.8 Å². The average Bonchev–Trinajstić information content (AvgIpc) is 3.74. The largest absolute Gasteiger partial charge is 0.453 e. The summed E-state index contributed by atoms with van der Waals surface area (Å²) in [5.41, 5.74) is 4.77. The number of halogens is 2. The number of hydrogen-bond acceptors (Lipinski definition) is 8. The number of ether oxygens (including phenoxy) is 1. The lowest BCUT2D eigenvalue weighted by atomic mass is 10.1. The van der Waals surface area contributed by atoms with Gasteiger partial charge in [0.1, 0.15) is 23.0 Å². The number of aryl methyl sites for hydroxylation is 1. The van der Waals surface area contributed by atoms with Crippen molar-refractivity contribution < 1.29 is 19.1 Å². The molecule has 1 atom stereocenters. The van der Waals surface area contributed by atoms with Gasteiger partial charge in [-0.1, -0.05) is 65.2 Å². The quantitative estimate of drug-likeness (QED) is 0.135. The van der Waals surface area contributed by atoms with Gasteiger partial charge in [0.2, 0.25) is 11.8 Å². The van der Waals surface area contributed by atoms with Crippen molar-refractivity contribution in [2.24, 2.45) is 0 Å². The van der Waals surface area contributed by atoms with Crippen LogP contribution < -0.4 is 16.0 Å². The van der Waals surface area contributed by atoms with Crippen LogP contribution in [0.1, 0.15) is 35.0 Å². The molecule has 0 radical (unpaired) electrons. The first kappa shape index (κ1) is 32.9. The predicted octanol–water partition coefficient (Wildman–Crippen LogP) is 5.42. The van der Waals surface area contributed by atoms with Crippen LogP contribution in [0.25, 0.3) is 23.0 Å². The van der Waals surface area contributed by atoms with Crippen molar-refractivity contribution in [2.75, 3.05) is 12.4 Å². The van der Waals surface area contributed by atoms with E-state index in [0.717, 1.165) is 11.1 Å². The van der Waals surface area contributed by atoms with Crippen molar-refractivity contribution in [2.45, 2.75) is 25.9 Å². The number of aromatic nitrogens is 6. The summed E-state index contributed by atoms with van der Waals surface area (Å²) in [6, 6.07) is 18.8. The monoisotopic (exact) mass is 673 g/mol. The number of hydrogen-bond donors (Lipinski definition) is 4. The van der Waals surface area contributed by atoms with Crippen molar-refractivity contribution in [3.05, 3.63) is 112 Å². The SMILES string of the molecule is COC(=O)Nc1ccc(-c2nc([C@H](CC(=O)NCc3ccc(C)cc3)NC(=O)/C=C/c3cc(Cl)ccc3-n3cnnn3)[nH]c2Cl)cc1. The van der Waals surface area contributed by atoms with Crippen LogP contribution in [-0.2, 0) is 20.9 Å². The molecule has 5 rings (SSSR count). The van der Waals surface area contributed by atoms with Crippen LogP contribution in [0.15, 0.2) is 79.1 Å². The third kappa shape index (κ3) is 8.81. The number of methoxy groups -OCH3 is 1. The minimum atomic E-state index is -0.880. The number of imidazole rings is 1. The highest BCUT2D eigenvalue weighted by Crippen LogP contribution is 2.29. The number of carbonyl (C=O) groups excluding carboxylic acids is 3. The summed E-state index contributed by atoms with van der Waals surface area (Å²) in [4.78, 5) is 45.6. The maximum atomic E-state index is 13.3. The van der Waals surface area contributed by atoms with Crippen molar-refractivity contribution in [3.8, 4) is 16.9 Å². The molecule has 0 bridgehead atoms. The molecule has 3 aromatic carbocycles. The molecule has 5 aromatic rings. The molecule has 0 saturated carbocycles. The molecule has 0 unspecified atom stereocenters. The Morgan fingerprint density at radius 3 is 2.51 bits per heavy atom. The summed E-state index contributed by atoms with van der Waals surface area (Å²) < 4.78 is 6.07. The zero-order chi connectivity index (χ0) is 33.3. The molecule has 4 N–H and O–H groups in total. The molecular formula is C32H29Cl2N9O4. The summed E-state index contributed by atoms with van der Waals surface area (Å²) in [5.74, 6) is -0.551. The number of amides is 3. The Kier molecular flexibility index (Phi) is 10.6. The van der Waals surface area contributed by atoms with Gasteiger partial charge in [0.15, 0.2) is 0 Å². The van der Waals surface area contributed by atoms with Gasteiger partial charge < -0.3 is 20.4 Å². The molecule has 0 fully saturated rings. The van der Waals surface area contributed by atoms with E-state index in [-0.39, 0.29) is 23.3 Å². The van der Waals surface area contributed by atoms with Crippen molar-refractivity contribution >= 4 is 52.9 Å². The molecule has 0 saturated heterocycles. The fourth-order valence-electron chi connectivity index (χ4n) is 4.51. The van der Waals surface area contributed by atoms with Gasteiger partial charge in [0.25, 0.3) is 0 Å². The first-order valence-electron chi connectivity index (χ1n) is 14.2. The summed E-state index contributed by atoms with van der Waals surface area (Å²) in [7, 11) is 1.27. The number of anilines is 1. The molecule has 0 aliphatic heterocycles. The van der Waals surface area contributed by atoms with E-state index in [1.54, 1.807) is 48.5 Å². The van der Waals surface area contributed by atoms with Gasteiger partial charge in [0.05, 0.1) is 25.3 Å². The number of aromatic amines is 1. The highest BCUT2D eigenvalue weighted by Gasteiger charge is 2.23. The standard InChI is InChI=1S/C32H29Cl2N9O4/c1-19-3-5-20(6-4-19)17-35-28(45)16-25(31-39-29(30(34)40-31)21-7-11-24(12-8-21)37-32(46)47-2)38-27(44)14-9-22-15-23(33)10-13-26(22)43-18-36-41-42-43/h3-15,18,25H,16-17H2,1-2H3,(H,35,45)(H,37,46)(H,38,44)(H,39,40)/b14-9+/t25-/m0/s1. The van der Waals surface area contributed by atoms with E-state index in [1.807, 2.05) is 31.2 Å². The Morgan fingerprint density at radius 1 is 1.04 bits per heavy atom. The fourth-order valence-corrected chi connectivity index (χ4v) is 4.94. The van der Waals surface area contributed by atoms with Gasteiger partial charge in [0, 0.05) is 34.5 Å². The van der Waals surface area contributed by atoms with Crippen LogP contribution in [0.5, 0.6) is 0 Å². The van der Waals surface area contributed by atoms with Crippen molar-refractivity contribution in [3.63, 3.8) is 0 Å².